The molecule has 140 valence electrons. The van der Waals surface area contributed by atoms with Gasteiger partial charge in [-0.3, -0.25) is 4.79 Å². The first-order valence-corrected chi connectivity index (χ1v) is 9.54. The third kappa shape index (κ3) is 6.18. The van der Waals surface area contributed by atoms with Crippen LogP contribution >= 0.6 is 15.9 Å². The van der Waals surface area contributed by atoms with Gasteiger partial charge in [-0.1, -0.05) is 34.1 Å². The predicted octanol–water partition coefficient (Wildman–Crippen LogP) is 4.85. The molecule has 0 bridgehead atoms. The summed E-state index contributed by atoms with van der Waals surface area (Å²) < 4.78 is 12.2. The third-order valence-electron chi connectivity index (χ3n) is 3.82. The molecule has 2 N–H and O–H groups in total. The summed E-state index contributed by atoms with van der Waals surface area (Å²) in [6.07, 6.45) is 0.820. The molecule has 6 heteroatoms. The van der Waals surface area contributed by atoms with Gasteiger partial charge in [-0.05, 0) is 55.0 Å². The lowest BCUT2D eigenvalue weighted by molar-refractivity contribution is 0.0922. The average Bonchev–Trinajstić information content (AvgIpc) is 3.17. The van der Waals surface area contributed by atoms with E-state index in [2.05, 4.69) is 26.6 Å². The molecule has 5 nitrogen and oxygen atoms in total. The molecule has 0 aliphatic rings. The van der Waals surface area contributed by atoms with Crippen LogP contribution in [0.1, 0.15) is 22.7 Å². The second-order valence-electron chi connectivity index (χ2n) is 5.91. The van der Waals surface area contributed by atoms with Crippen LogP contribution in [0.2, 0.25) is 0 Å². The smallest absolute Gasteiger partial charge is 0.286 e. The quantitative estimate of drug-likeness (QED) is 0.478. The van der Waals surface area contributed by atoms with Crippen LogP contribution in [0, 0.1) is 0 Å². The summed E-state index contributed by atoms with van der Waals surface area (Å²) in [5.41, 5.74) is 1.07. The van der Waals surface area contributed by atoms with E-state index in [0.29, 0.717) is 18.1 Å². The van der Waals surface area contributed by atoms with Gasteiger partial charge in [-0.2, -0.15) is 0 Å². The number of nitrogens with one attached hydrogen (secondary N) is 2. The van der Waals surface area contributed by atoms with Crippen molar-refractivity contribution in [3.8, 4) is 5.75 Å². The molecule has 2 aromatic carbocycles. The number of carbonyl (C=O) groups is 1. The molecule has 0 aliphatic heterocycles. The Bertz CT molecular complexity index is 847. The van der Waals surface area contributed by atoms with Crippen LogP contribution in [0.25, 0.3) is 0 Å². The molecule has 0 radical (unpaired) electrons. The molecule has 0 aliphatic carbocycles. The first-order valence-electron chi connectivity index (χ1n) is 8.75. The molecule has 3 rings (SSSR count). The van der Waals surface area contributed by atoms with Gasteiger partial charge in [0.05, 0.1) is 0 Å². The number of anilines is 1. The van der Waals surface area contributed by atoms with Crippen molar-refractivity contribution in [2.24, 2.45) is 0 Å². The van der Waals surface area contributed by atoms with E-state index < -0.39 is 0 Å². The second-order valence-corrected chi connectivity index (χ2v) is 6.83. The van der Waals surface area contributed by atoms with Crippen LogP contribution in [-0.4, -0.2) is 19.0 Å². The SMILES string of the molecule is O=C(NCCCNc1ccccc1)c1ccc(COc2ccc(Br)cc2)o1. The number of ether oxygens (including phenoxy) is 1. The maximum absolute atomic E-state index is 12.1. The number of para-hydroxylation sites is 1. The maximum atomic E-state index is 12.1. The Labute approximate surface area is 166 Å². The molecule has 27 heavy (non-hydrogen) atoms. The van der Waals surface area contributed by atoms with Crippen molar-refractivity contribution in [1.29, 1.82) is 0 Å². The minimum absolute atomic E-state index is 0.218. The van der Waals surface area contributed by atoms with Gasteiger partial charge in [0.1, 0.15) is 18.1 Å². The normalized spacial score (nSPS) is 10.4. The first kappa shape index (κ1) is 19.0. The average molecular weight is 429 g/mol. The molecule has 0 unspecified atom stereocenters. The summed E-state index contributed by atoms with van der Waals surface area (Å²) in [6.45, 7) is 1.63. The monoisotopic (exact) mass is 428 g/mol. The molecule has 0 spiro atoms. The number of hydrogen-bond donors (Lipinski definition) is 2. The molecule has 1 aromatic heterocycles. The van der Waals surface area contributed by atoms with E-state index in [1.807, 2.05) is 54.6 Å². The minimum Gasteiger partial charge on any atom is -0.486 e. The summed E-state index contributed by atoms with van der Waals surface area (Å²) in [5.74, 6) is 1.42. The van der Waals surface area contributed by atoms with Crippen molar-refractivity contribution in [2.45, 2.75) is 13.0 Å². The van der Waals surface area contributed by atoms with Gasteiger partial charge in [-0.15, -0.1) is 0 Å². The van der Waals surface area contributed by atoms with Crippen LogP contribution in [0.3, 0.4) is 0 Å². The summed E-state index contributed by atoms with van der Waals surface area (Å²) in [6, 6.07) is 20.9. The van der Waals surface area contributed by atoms with Crippen molar-refractivity contribution in [3.63, 3.8) is 0 Å². The zero-order chi connectivity index (χ0) is 18.9. The third-order valence-corrected chi connectivity index (χ3v) is 4.35. The van der Waals surface area contributed by atoms with Crippen LogP contribution in [0.5, 0.6) is 5.75 Å². The van der Waals surface area contributed by atoms with Gasteiger partial charge in [0.2, 0.25) is 0 Å². The summed E-state index contributed by atoms with van der Waals surface area (Å²) >= 11 is 3.38. The molecule has 0 saturated carbocycles. The number of benzene rings is 2. The van der Waals surface area contributed by atoms with Crippen LogP contribution < -0.4 is 15.4 Å². The fourth-order valence-electron chi connectivity index (χ4n) is 2.43. The highest BCUT2D eigenvalue weighted by Gasteiger charge is 2.11. The molecular weight excluding hydrogens is 408 g/mol. The van der Waals surface area contributed by atoms with Gasteiger partial charge >= 0.3 is 0 Å². The number of amides is 1. The Morgan fingerprint density at radius 3 is 2.52 bits per heavy atom. The van der Waals surface area contributed by atoms with Crippen LogP contribution in [0.15, 0.2) is 75.6 Å². The van der Waals surface area contributed by atoms with E-state index >= 15 is 0 Å². The highest BCUT2D eigenvalue weighted by atomic mass is 79.9. The predicted molar refractivity (Wildman–Crippen MR) is 109 cm³/mol. The summed E-state index contributed by atoms with van der Waals surface area (Å²) in [5, 5.41) is 6.16. The highest BCUT2D eigenvalue weighted by Crippen LogP contribution is 2.18. The highest BCUT2D eigenvalue weighted by molar-refractivity contribution is 9.10. The number of furan rings is 1. The molecule has 0 atom stereocenters. The topological polar surface area (TPSA) is 63.5 Å². The van der Waals surface area contributed by atoms with Crippen molar-refractivity contribution in [3.05, 3.63) is 82.7 Å². The molecule has 0 saturated heterocycles. The van der Waals surface area contributed by atoms with Crippen LogP contribution in [-0.2, 0) is 6.61 Å². The Morgan fingerprint density at radius 1 is 0.963 bits per heavy atom. The zero-order valence-corrected chi connectivity index (χ0v) is 16.4. The fraction of sp³-hybridized carbons (Fsp3) is 0.190. The lowest BCUT2D eigenvalue weighted by atomic mass is 10.3. The van der Waals surface area contributed by atoms with Crippen molar-refractivity contribution >= 4 is 27.5 Å². The Hall–Kier alpha value is -2.73. The maximum Gasteiger partial charge on any atom is 0.286 e. The number of carbonyl (C=O) groups excluding carboxylic acids is 1. The zero-order valence-electron chi connectivity index (χ0n) is 14.8. The Balaban J connectivity index is 1.37. The van der Waals surface area contributed by atoms with Gasteiger partial charge in [0, 0.05) is 23.2 Å². The van der Waals surface area contributed by atoms with E-state index in [-0.39, 0.29) is 12.5 Å². The van der Waals surface area contributed by atoms with E-state index in [1.165, 1.54) is 0 Å². The van der Waals surface area contributed by atoms with Gasteiger partial charge in [0.15, 0.2) is 5.76 Å². The van der Waals surface area contributed by atoms with Crippen molar-refractivity contribution in [1.82, 2.24) is 5.32 Å². The fourth-order valence-corrected chi connectivity index (χ4v) is 2.69. The largest absolute Gasteiger partial charge is 0.486 e. The molecule has 3 aromatic rings. The molecule has 1 heterocycles. The van der Waals surface area contributed by atoms with Gasteiger partial charge < -0.3 is 19.8 Å². The lowest BCUT2D eigenvalue weighted by Gasteiger charge is -2.07. The Morgan fingerprint density at radius 2 is 1.74 bits per heavy atom. The van der Waals surface area contributed by atoms with E-state index in [4.69, 9.17) is 9.15 Å². The molecule has 1 amide bonds. The first-order chi connectivity index (χ1) is 13.2. The number of halogens is 1. The Kier molecular flexibility index (Phi) is 6.93. The van der Waals surface area contributed by atoms with Gasteiger partial charge in [0.25, 0.3) is 5.91 Å². The van der Waals surface area contributed by atoms with Crippen molar-refractivity contribution in [2.75, 3.05) is 18.4 Å². The number of rotatable bonds is 9. The minimum atomic E-state index is -0.218. The standard InChI is InChI=1S/C21H21BrN2O3/c22-16-7-9-18(10-8-16)26-15-19-11-12-20(27-19)21(25)24-14-4-13-23-17-5-2-1-3-6-17/h1-3,5-12,23H,4,13-15H2,(H,24,25). The lowest BCUT2D eigenvalue weighted by Crippen LogP contribution is -2.25. The van der Waals surface area contributed by atoms with Gasteiger partial charge in [-0.25, -0.2) is 0 Å². The number of hydrogen-bond acceptors (Lipinski definition) is 4. The second kappa shape index (κ2) is 9.83. The van der Waals surface area contributed by atoms with E-state index in [9.17, 15) is 4.79 Å². The molecular formula is C21H21BrN2O3. The van der Waals surface area contributed by atoms with Crippen LogP contribution in [0.4, 0.5) is 5.69 Å². The molecule has 0 fully saturated rings. The summed E-state index contributed by atoms with van der Waals surface area (Å²) in [7, 11) is 0. The summed E-state index contributed by atoms with van der Waals surface area (Å²) in [4.78, 5) is 12.1. The van der Waals surface area contributed by atoms with E-state index in [0.717, 1.165) is 28.9 Å². The van der Waals surface area contributed by atoms with E-state index in [1.54, 1.807) is 12.1 Å². The van der Waals surface area contributed by atoms with Crippen molar-refractivity contribution < 1.29 is 13.9 Å².